The van der Waals surface area contributed by atoms with Crippen LogP contribution in [0.1, 0.15) is 27.3 Å². The van der Waals surface area contributed by atoms with Crippen LogP contribution in [0.2, 0.25) is 0 Å². The van der Waals surface area contributed by atoms with Crippen LogP contribution in [-0.4, -0.2) is 30.5 Å². The number of rotatable bonds is 6. The van der Waals surface area contributed by atoms with E-state index in [2.05, 4.69) is 36.4 Å². The summed E-state index contributed by atoms with van der Waals surface area (Å²) in [4.78, 5) is 16.6. The number of carbonyl (C=O) groups excluding carboxylic acids is 1. The zero-order valence-electron chi connectivity index (χ0n) is 16.7. The summed E-state index contributed by atoms with van der Waals surface area (Å²) in [7, 11) is 0. The molecule has 30 heavy (non-hydrogen) atoms. The number of aryl methyl sites for hydroxylation is 3. The molecule has 8 heteroatoms. The van der Waals surface area contributed by atoms with Crippen molar-refractivity contribution < 1.29 is 4.79 Å². The molecule has 3 aromatic heterocycles. The second-order valence-electron chi connectivity index (χ2n) is 6.97. The minimum atomic E-state index is -0.199. The molecule has 0 unspecified atom stereocenters. The van der Waals surface area contributed by atoms with Crippen LogP contribution in [0.15, 0.2) is 65.5 Å². The average molecular weight is 465 g/mol. The second kappa shape index (κ2) is 8.62. The zero-order chi connectivity index (χ0) is 21.1. The highest BCUT2D eigenvalue weighted by Gasteiger charge is 2.12. The summed E-state index contributed by atoms with van der Waals surface area (Å²) in [5, 5.41) is 11.8. The van der Waals surface area contributed by atoms with Crippen molar-refractivity contribution in [3.05, 3.63) is 88.0 Å². The standard InChI is InChI=1S/C22H21BrN6O/c1-15-21(23)16(2)29(26-15)19-5-3-18(4-6-19)22(30)25-20-10-14-28(27-20)13-9-17-7-11-24-12-8-17/h3-8,10-12,14H,9,13H2,1-2H3,(H,25,27,30). The number of nitrogens with zero attached hydrogens (tertiary/aromatic N) is 5. The first-order chi connectivity index (χ1) is 14.5. The number of halogens is 1. The van der Waals surface area contributed by atoms with Crippen molar-refractivity contribution in [2.24, 2.45) is 0 Å². The van der Waals surface area contributed by atoms with E-state index in [1.807, 2.05) is 53.7 Å². The summed E-state index contributed by atoms with van der Waals surface area (Å²) < 4.78 is 4.66. The maximum atomic E-state index is 12.6. The molecule has 0 saturated carbocycles. The van der Waals surface area contributed by atoms with E-state index in [0.29, 0.717) is 11.4 Å². The van der Waals surface area contributed by atoms with E-state index in [4.69, 9.17) is 0 Å². The summed E-state index contributed by atoms with van der Waals surface area (Å²) in [6.07, 6.45) is 6.27. The van der Waals surface area contributed by atoms with Crippen molar-refractivity contribution in [1.82, 2.24) is 24.5 Å². The van der Waals surface area contributed by atoms with Gasteiger partial charge in [0.25, 0.3) is 5.91 Å². The van der Waals surface area contributed by atoms with E-state index in [1.165, 1.54) is 5.56 Å². The molecule has 0 aliphatic heterocycles. The number of pyridine rings is 1. The molecule has 4 rings (SSSR count). The molecule has 3 heterocycles. The maximum absolute atomic E-state index is 12.6. The van der Waals surface area contributed by atoms with Gasteiger partial charge >= 0.3 is 0 Å². The lowest BCUT2D eigenvalue weighted by Gasteiger charge is -2.06. The van der Waals surface area contributed by atoms with Crippen molar-refractivity contribution in [2.75, 3.05) is 5.32 Å². The van der Waals surface area contributed by atoms with Crippen LogP contribution in [0, 0.1) is 13.8 Å². The van der Waals surface area contributed by atoms with Gasteiger partial charge in [-0.3, -0.25) is 14.5 Å². The number of nitrogens with one attached hydrogen (secondary N) is 1. The Balaban J connectivity index is 1.39. The van der Waals surface area contributed by atoms with Crippen LogP contribution >= 0.6 is 15.9 Å². The van der Waals surface area contributed by atoms with E-state index in [0.717, 1.165) is 34.5 Å². The van der Waals surface area contributed by atoms with Gasteiger partial charge in [-0.1, -0.05) is 0 Å². The van der Waals surface area contributed by atoms with Gasteiger partial charge in [-0.15, -0.1) is 0 Å². The summed E-state index contributed by atoms with van der Waals surface area (Å²) in [5.74, 6) is 0.330. The molecule has 152 valence electrons. The minimum absolute atomic E-state index is 0.199. The number of amides is 1. The highest BCUT2D eigenvalue weighted by atomic mass is 79.9. The van der Waals surface area contributed by atoms with Gasteiger partial charge in [0.1, 0.15) is 0 Å². The van der Waals surface area contributed by atoms with E-state index < -0.39 is 0 Å². The number of carbonyl (C=O) groups is 1. The van der Waals surface area contributed by atoms with Crippen LogP contribution < -0.4 is 5.32 Å². The van der Waals surface area contributed by atoms with E-state index >= 15 is 0 Å². The molecule has 0 atom stereocenters. The van der Waals surface area contributed by atoms with Crippen LogP contribution in [0.3, 0.4) is 0 Å². The number of anilines is 1. The largest absolute Gasteiger partial charge is 0.305 e. The molecule has 0 bridgehead atoms. The Morgan fingerprint density at radius 1 is 1.03 bits per heavy atom. The Kier molecular flexibility index (Phi) is 5.76. The molecule has 7 nitrogen and oxygen atoms in total. The fourth-order valence-corrected chi connectivity index (χ4v) is 3.41. The third-order valence-electron chi connectivity index (χ3n) is 4.84. The molecular weight excluding hydrogens is 444 g/mol. The lowest BCUT2D eigenvalue weighted by atomic mass is 10.2. The lowest BCUT2D eigenvalue weighted by Crippen LogP contribution is -2.13. The van der Waals surface area contributed by atoms with Crippen LogP contribution in [0.25, 0.3) is 5.69 Å². The monoisotopic (exact) mass is 464 g/mol. The van der Waals surface area contributed by atoms with E-state index in [1.54, 1.807) is 30.6 Å². The van der Waals surface area contributed by atoms with Gasteiger partial charge < -0.3 is 5.32 Å². The Morgan fingerprint density at radius 2 is 1.77 bits per heavy atom. The van der Waals surface area contributed by atoms with Crippen molar-refractivity contribution in [1.29, 1.82) is 0 Å². The molecule has 4 aromatic rings. The van der Waals surface area contributed by atoms with Gasteiger partial charge in [-0.05, 0) is 78.2 Å². The zero-order valence-corrected chi connectivity index (χ0v) is 18.3. The predicted octanol–water partition coefficient (Wildman–Crippen LogP) is 4.34. The molecule has 1 aromatic carbocycles. The van der Waals surface area contributed by atoms with Crippen molar-refractivity contribution in [2.45, 2.75) is 26.8 Å². The average Bonchev–Trinajstić information content (AvgIpc) is 3.32. The van der Waals surface area contributed by atoms with Gasteiger partial charge in [0.15, 0.2) is 5.82 Å². The molecule has 1 N–H and O–H groups in total. The van der Waals surface area contributed by atoms with Gasteiger partial charge in [0, 0.05) is 36.8 Å². The van der Waals surface area contributed by atoms with E-state index in [9.17, 15) is 4.79 Å². The van der Waals surface area contributed by atoms with Gasteiger partial charge in [0.2, 0.25) is 0 Å². The summed E-state index contributed by atoms with van der Waals surface area (Å²) in [6.45, 7) is 4.67. The minimum Gasteiger partial charge on any atom is -0.305 e. The Morgan fingerprint density at radius 3 is 2.43 bits per heavy atom. The summed E-state index contributed by atoms with van der Waals surface area (Å²) in [6, 6.07) is 13.1. The molecule has 0 fully saturated rings. The van der Waals surface area contributed by atoms with Crippen molar-refractivity contribution >= 4 is 27.7 Å². The molecule has 0 aliphatic rings. The molecule has 1 amide bonds. The first-order valence-corrected chi connectivity index (χ1v) is 10.4. The quantitative estimate of drug-likeness (QED) is 0.460. The Hall–Kier alpha value is -3.26. The number of hydrogen-bond acceptors (Lipinski definition) is 4. The maximum Gasteiger partial charge on any atom is 0.256 e. The fraction of sp³-hybridized carbons (Fsp3) is 0.182. The van der Waals surface area contributed by atoms with Crippen molar-refractivity contribution in [3.8, 4) is 5.69 Å². The highest BCUT2D eigenvalue weighted by molar-refractivity contribution is 9.10. The molecule has 0 spiro atoms. The van der Waals surface area contributed by atoms with Crippen LogP contribution in [0.4, 0.5) is 5.82 Å². The molecular formula is C22H21BrN6O. The summed E-state index contributed by atoms with van der Waals surface area (Å²) >= 11 is 3.54. The van der Waals surface area contributed by atoms with E-state index in [-0.39, 0.29) is 5.91 Å². The molecule has 0 radical (unpaired) electrons. The first kappa shape index (κ1) is 20.0. The number of hydrogen-bond donors (Lipinski definition) is 1. The number of aromatic nitrogens is 5. The third-order valence-corrected chi connectivity index (χ3v) is 5.99. The first-order valence-electron chi connectivity index (χ1n) is 9.57. The topological polar surface area (TPSA) is 77.6 Å². The third kappa shape index (κ3) is 4.33. The molecule has 0 saturated heterocycles. The lowest BCUT2D eigenvalue weighted by molar-refractivity contribution is 0.102. The molecule has 0 aliphatic carbocycles. The van der Waals surface area contributed by atoms with Gasteiger partial charge in [0.05, 0.1) is 21.5 Å². The Labute approximate surface area is 182 Å². The summed E-state index contributed by atoms with van der Waals surface area (Å²) in [5.41, 5.74) is 4.60. The smallest absolute Gasteiger partial charge is 0.256 e. The second-order valence-corrected chi connectivity index (χ2v) is 7.76. The fourth-order valence-electron chi connectivity index (χ4n) is 3.16. The Bertz CT molecular complexity index is 1160. The van der Waals surface area contributed by atoms with Crippen LogP contribution in [0.5, 0.6) is 0 Å². The SMILES string of the molecule is Cc1nn(-c2ccc(C(=O)Nc3ccn(CCc4ccncc4)n3)cc2)c(C)c1Br. The van der Waals surface area contributed by atoms with Crippen molar-refractivity contribution in [3.63, 3.8) is 0 Å². The van der Waals surface area contributed by atoms with Crippen LogP contribution in [-0.2, 0) is 13.0 Å². The number of benzene rings is 1. The highest BCUT2D eigenvalue weighted by Crippen LogP contribution is 2.23. The predicted molar refractivity (Wildman–Crippen MR) is 119 cm³/mol. The normalized spacial score (nSPS) is 10.9. The van der Waals surface area contributed by atoms with Gasteiger partial charge in [-0.25, -0.2) is 4.68 Å². The van der Waals surface area contributed by atoms with Gasteiger partial charge in [-0.2, -0.15) is 10.2 Å².